The van der Waals surface area contributed by atoms with Gasteiger partial charge < -0.3 is 15.6 Å². The van der Waals surface area contributed by atoms with Crippen LogP contribution in [0.25, 0.3) is 11.4 Å². The number of fused-ring (bicyclic) bond motifs is 1. The second-order valence-electron chi connectivity index (χ2n) is 6.36. The van der Waals surface area contributed by atoms with Crippen molar-refractivity contribution < 1.29 is 4.79 Å². The Balaban J connectivity index is 1.88. The molecule has 0 atom stereocenters. The summed E-state index contributed by atoms with van der Waals surface area (Å²) in [5.41, 5.74) is 9.49. The van der Waals surface area contributed by atoms with Crippen LogP contribution >= 0.6 is 0 Å². The third-order valence-electron chi connectivity index (χ3n) is 4.91. The highest BCUT2D eigenvalue weighted by Crippen LogP contribution is 2.36. The van der Waals surface area contributed by atoms with E-state index in [0.29, 0.717) is 12.6 Å². The van der Waals surface area contributed by atoms with E-state index < -0.39 is 0 Å². The quantitative estimate of drug-likeness (QED) is 0.891. The van der Waals surface area contributed by atoms with Crippen LogP contribution in [0.2, 0.25) is 0 Å². The maximum absolute atomic E-state index is 12.3. The second-order valence-corrected chi connectivity index (χ2v) is 6.36. The predicted octanol–water partition coefficient (Wildman–Crippen LogP) is 2.32. The number of carbonyl (C=O) groups excluding carboxylic acids is 1. The number of nitrogen functional groups attached to an aromatic ring is 1. The lowest BCUT2D eigenvalue weighted by Gasteiger charge is -2.28. The molecule has 1 amide bonds. The molecule has 2 aliphatic rings. The first-order valence-electron chi connectivity index (χ1n) is 8.35. The fraction of sp³-hybridized carbons (Fsp3) is 0.471. The molecule has 1 aliphatic carbocycles. The molecule has 0 radical (unpaired) electrons. The van der Waals surface area contributed by atoms with Gasteiger partial charge >= 0.3 is 0 Å². The first-order chi connectivity index (χ1) is 11.2. The molecular formula is C17H21N5O. The number of nitrogens with zero attached hydrogens (tertiary/aromatic N) is 3. The Morgan fingerprint density at radius 2 is 2.09 bits per heavy atom. The van der Waals surface area contributed by atoms with Crippen molar-refractivity contribution in [1.82, 2.24) is 19.9 Å². The number of nitrogens with one attached hydrogen (secondary N) is 1. The zero-order valence-corrected chi connectivity index (χ0v) is 13.1. The number of carbonyl (C=O) groups is 1. The molecule has 0 bridgehead atoms. The van der Waals surface area contributed by atoms with Crippen LogP contribution < -0.4 is 11.1 Å². The first kappa shape index (κ1) is 14.2. The minimum absolute atomic E-state index is 0.0177. The Morgan fingerprint density at radius 1 is 1.26 bits per heavy atom. The molecule has 6 nitrogen and oxygen atoms in total. The van der Waals surface area contributed by atoms with E-state index in [9.17, 15) is 4.79 Å². The minimum atomic E-state index is 0.0177. The highest BCUT2D eigenvalue weighted by Gasteiger charge is 2.29. The summed E-state index contributed by atoms with van der Waals surface area (Å²) in [6.07, 6.45) is 8.67. The normalized spacial score (nSPS) is 18.5. The van der Waals surface area contributed by atoms with Gasteiger partial charge in [0.05, 0.1) is 17.0 Å². The van der Waals surface area contributed by atoms with Crippen molar-refractivity contribution >= 4 is 11.9 Å². The largest absolute Gasteiger partial charge is 0.368 e. The van der Waals surface area contributed by atoms with Crippen LogP contribution in [0.1, 0.15) is 54.2 Å². The molecule has 3 heterocycles. The SMILES string of the molecule is Nc1nccc(-c2cc3c(n2C2CCCCC2)CCNC3=O)n1. The van der Waals surface area contributed by atoms with Gasteiger partial charge in [-0.15, -0.1) is 0 Å². The number of hydrogen-bond acceptors (Lipinski definition) is 4. The lowest BCUT2D eigenvalue weighted by atomic mass is 9.94. The summed E-state index contributed by atoms with van der Waals surface area (Å²) >= 11 is 0. The summed E-state index contributed by atoms with van der Waals surface area (Å²) in [6.45, 7) is 0.702. The molecule has 0 aromatic carbocycles. The lowest BCUT2D eigenvalue weighted by molar-refractivity contribution is 0.0945. The van der Waals surface area contributed by atoms with E-state index in [1.807, 2.05) is 12.1 Å². The third-order valence-corrected chi connectivity index (χ3v) is 4.91. The summed E-state index contributed by atoms with van der Waals surface area (Å²) in [5, 5.41) is 2.93. The van der Waals surface area contributed by atoms with Gasteiger partial charge in [-0.3, -0.25) is 4.79 Å². The standard InChI is InChI=1S/C17H21N5O/c18-17-20-8-6-13(21-17)15-10-12-14(7-9-19-16(12)23)22(15)11-4-2-1-3-5-11/h6,8,10-11H,1-5,7,9H2,(H,19,23)(H2,18,20,21). The zero-order valence-electron chi connectivity index (χ0n) is 13.1. The summed E-state index contributed by atoms with van der Waals surface area (Å²) in [4.78, 5) is 20.6. The Hall–Kier alpha value is -2.37. The predicted molar refractivity (Wildman–Crippen MR) is 88.0 cm³/mol. The monoisotopic (exact) mass is 311 g/mol. The Kier molecular flexibility index (Phi) is 3.52. The summed E-state index contributed by atoms with van der Waals surface area (Å²) < 4.78 is 2.36. The topological polar surface area (TPSA) is 85.8 Å². The van der Waals surface area contributed by atoms with Gasteiger partial charge in [0.1, 0.15) is 0 Å². The van der Waals surface area contributed by atoms with Crippen LogP contribution in [0.4, 0.5) is 5.95 Å². The molecule has 120 valence electrons. The molecule has 1 fully saturated rings. The smallest absolute Gasteiger partial charge is 0.253 e. The molecule has 3 N–H and O–H groups in total. The highest BCUT2D eigenvalue weighted by molar-refractivity contribution is 5.98. The van der Waals surface area contributed by atoms with Crippen LogP contribution in [0.5, 0.6) is 0 Å². The van der Waals surface area contributed by atoms with Crippen LogP contribution in [-0.4, -0.2) is 27.0 Å². The van der Waals surface area contributed by atoms with E-state index in [1.54, 1.807) is 6.20 Å². The molecule has 0 unspecified atom stereocenters. The Bertz CT molecular complexity index is 745. The number of amides is 1. The van der Waals surface area contributed by atoms with Gasteiger partial charge in [-0.05, 0) is 25.0 Å². The molecule has 1 aliphatic heterocycles. The molecule has 23 heavy (non-hydrogen) atoms. The van der Waals surface area contributed by atoms with E-state index in [2.05, 4.69) is 19.9 Å². The fourth-order valence-electron chi connectivity index (χ4n) is 3.88. The second kappa shape index (κ2) is 5.68. The van der Waals surface area contributed by atoms with Crippen molar-refractivity contribution in [3.05, 3.63) is 29.6 Å². The Morgan fingerprint density at radius 3 is 2.87 bits per heavy atom. The third kappa shape index (κ3) is 2.48. The number of hydrogen-bond donors (Lipinski definition) is 2. The van der Waals surface area contributed by atoms with Crippen molar-refractivity contribution in [2.75, 3.05) is 12.3 Å². The van der Waals surface area contributed by atoms with Crippen LogP contribution in [0.15, 0.2) is 18.3 Å². The van der Waals surface area contributed by atoms with Crippen molar-refractivity contribution in [2.24, 2.45) is 0 Å². The van der Waals surface area contributed by atoms with E-state index in [4.69, 9.17) is 5.73 Å². The van der Waals surface area contributed by atoms with Crippen molar-refractivity contribution in [1.29, 1.82) is 0 Å². The van der Waals surface area contributed by atoms with E-state index >= 15 is 0 Å². The number of nitrogens with two attached hydrogens (primary N) is 1. The van der Waals surface area contributed by atoms with E-state index in [1.165, 1.54) is 19.3 Å². The van der Waals surface area contributed by atoms with Gasteiger partial charge in [0, 0.05) is 30.9 Å². The maximum atomic E-state index is 12.3. The van der Waals surface area contributed by atoms with Gasteiger partial charge in [-0.25, -0.2) is 9.97 Å². The molecule has 1 saturated carbocycles. The lowest BCUT2D eigenvalue weighted by Crippen LogP contribution is -2.32. The maximum Gasteiger partial charge on any atom is 0.253 e. The van der Waals surface area contributed by atoms with Crippen LogP contribution in [0.3, 0.4) is 0 Å². The van der Waals surface area contributed by atoms with E-state index in [0.717, 1.165) is 41.9 Å². The average molecular weight is 311 g/mol. The van der Waals surface area contributed by atoms with E-state index in [-0.39, 0.29) is 11.9 Å². The van der Waals surface area contributed by atoms with Gasteiger partial charge in [-0.1, -0.05) is 19.3 Å². The van der Waals surface area contributed by atoms with Crippen molar-refractivity contribution in [3.63, 3.8) is 0 Å². The number of anilines is 1. The molecule has 0 saturated heterocycles. The highest BCUT2D eigenvalue weighted by atomic mass is 16.1. The van der Waals surface area contributed by atoms with Crippen LogP contribution in [0, 0.1) is 0 Å². The van der Waals surface area contributed by atoms with Gasteiger partial charge in [0.25, 0.3) is 5.91 Å². The minimum Gasteiger partial charge on any atom is -0.368 e. The van der Waals surface area contributed by atoms with Gasteiger partial charge in [0.15, 0.2) is 0 Å². The van der Waals surface area contributed by atoms with Gasteiger partial charge in [-0.2, -0.15) is 0 Å². The van der Waals surface area contributed by atoms with Crippen molar-refractivity contribution in [2.45, 2.75) is 44.6 Å². The fourth-order valence-corrected chi connectivity index (χ4v) is 3.88. The molecule has 2 aromatic rings. The molecule has 2 aromatic heterocycles. The molecule has 0 spiro atoms. The molecule has 6 heteroatoms. The molecule has 4 rings (SSSR count). The first-order valence-corrected chi connectivity index (χ1v) is 8.35. The zero-order chi connectivity index (χ0) is 15.8. The van der Waals surface area contributed by atoms with Crippen LogP contribution in [-0.2, 0) is 6.42 Å². The average Bonchev–Trinajstić information content (AvgIpc) is 2.97. The van der Waals surface area contributed by atoms with Crippen molar-refractivity contribution in [3.8, 4) is 11.4 Å². The molecular weight excluding hydrogens is 290 g/mol. The summed E-state index contributed by atoms with van der Waals surface area (Å²) in [5.74, 6) is 0.283. The Labute approximate surface area is 135 Å². The number of rotatable bonds is 2. The number of aromatic nitrogens is 3. The van der Waals surface area contributed by atoms with Gasteiger partial charge in [0.2, 0.25) is 5.95 Å². The summed E-state index contributed by atoms with van der Waals surface area (Å²) in [7, 11) is 0. The summed E-state index contributed by atoms with van der Waals surface area (Å²) in [6, 6.07) is 4.29.